The first-order valence-electron chi connectivity index (χ1n) is 11.5. The van der Waals surface area contributed by atoms with Crippen molar-refractivity contribution in [2.45, 2.75) is 37.3 Å². The normalized spacial score (nSPS) is 20.9. The first-order chi connectivity index (χ1) is 16.7. The molecule has 0 bridgehead atoms. The third-order valence-corrected chi connectivity index (χ3v) is 8.09. The highest BCUT2D eigenvalue weighted by molar-refractivity contribution is 7.92. The first-order valence-corrected chi connectivity index (χ1v) is 13.0. The highest BCUT2D eigenvalue weighted by Gasteiger charge is 2.42. The lowest BCUT2D eigenvalue weighted by molar-refractivity contribution is 0.0827. The fourth-order valence-corrected chi connectivity index (χ4v) is 5.98. The average Bonchev–Trinajstić information content (AvgIpc) is 3.34. The molecule has 1 saturated heterocycles. The second kappa shape index (κ2) is 8.94. The van der Waals surface area contributed by atoms with Gasteiger partial charge in [0.15, 0.2) is 11.6 Å². The third kappa shape index (κ3) is 4.47. The second-order valence-electron chi connectivity index (χ2n) is 9.04. The van der Waals surface area contributed by atoms with Gasteiger partial charge in [-0.05, 0) is 74.4 Å². The molecule has 0 spiro atoms. The number of ketones is 2. The minimum atomic E-state index is -3.85. The molecule has 8 heteroatoms. The summed E-state index contributed by atoms with van der Waals surface area (Å²) in [7, 11) is -3.85. The van der Waals surface area contributed by atoms with Crippen LogP contribution in [0.5, 0.6) is 0 Å². The van der Waals surface area contributed by atoms with Gasteiger partial charge in [-0.15, -0.1) is 0 Å². The van der Waals surface area contributed by atoms with Crippen LogP contribution in [0.15, 0.2) is 71.6 Å². The van der Waals surface area contributed by atoms with E-state index in [-0.39, 0.29) is 34.5 Å². The molecule has 3 unspecified atom stereocenters. The first kappa shape index (κ1) is 23.3. The van der Waals surface area contributed by atoms with Gasteiger partial charge in [0.2, 0.25) is 0 Å². The van der Waals surface area contributed by atoms with Gasteiger partial charge in [0.25, 0.3) is 10.0 Å². The zero-order valence-corrected chi connectivity index (χ0v) is 20.3. The number of fused-ring (bicyclic) bond motifs is 3. The molecular weight excluding hydrogens is 464 g/mol. The highest BCUT2D eigenvalue weighted by Crippen LogP contribution is 2.50. The molecule has 5 rings (SSSR count). The zero-order chi connectivity index (χ0) is 24.7. The molecule has 7 nitrogen and oxygen atoms in total. The Balaban J connectivity index is 1.45. The number of Topliss-reactive ketones (excluding diaryl/α,β-unsaturated/α-hetero) is 2. The van der Waals surface area contributed by atoms with Crippen LogP contribution in [0.25, 0.3) is 0 Å². The molecule has 0 aromatic heterocycles. The van der Waals surface area contributed by atoms with Gasteiger partial charge in [0.05, 0.1) is 17.0 Å². The number of anilines is 2. The molecule has 0 amide bonds. The van der Waals surface area contributed by atoms with E-state index in [2.05, 4.69) is 10.0 Å². The molecule has 3 aromatic carbocycles. The molecule has 2 N–H and O–H groups in total. The monoisotopic (exact) mass is 490 g/mol. The zero-order valence-electron chi connectivity index (χ0n) is 19.4. The van der Waals surface area contributed by atoms with Gasteiger partial charge in [-0.25, -0.2) is 8.42 Å². The Bertz CT molecular complexity index is 1420. The number of benzene rings is 3. The van der Waals surface area contributed by atoms with Crippen molar-refractivity contribution in [1.29, 1.82) is 0 Å². The average molecular weight is 491 g/mol. The Morgan fingerprint density at radius 1 is 0.943 bits per heavy atom. The molecule has 0 saturated carbocycles. The molecule has 2 aliphatic rings. The van der Waals surface area contributed by atoms with Crippen LogP contribution in [-0.4, -0.2) is 26.6 Å². The van der Waals surface area contributed by atoms with Crippen molar-refractivity contribution in [3.63, 3.8) is 0 Å². The van der Waals surface area contributed by atoms with Gasteiger partial charge in [-0.1, -0.05) is 18.2 Å². The lowest BCUT2D eigenvalue weighted by atomic mass is 9.80. The topological polar surface area (TPSA) is 102 Å². The quantitative estimate of drug-likeness (QED) is 0.464. The van der Waals surface area contributed by atoms with Gasteiger partial charge in [-0.2, -0.15) is 0 Å². The maximum Gasteiger partial charge on any atom is 0.261 e. The summed E-state index contributed by atoms with van der Waals surface area (Å²) >= 11 is 0. The Labute approximate surface area is 204 Å². The van der Waals surface area contributed by atoms with E-state index in [1.807, 2.05) is 24.3 Å². The van der Waals surface area contributed by atoms with Crippen molar-refractivity contribution in [3.05, 3.63) is 89.0 Å². The minimum absolute atomic E-state index is 0.0144. The van der Waals surface area contributed by atoms with Crippen molar-refractivity contribution >= 4 is 33.0 Å². The van der Waals surface area contributed by atoms with Crippen LogP contribution in [-0.2, 0) is 14.8 Å². The van der Waals surface area contributed by atoms with Crippen LogP contribution in [0.4, 0.5) is 11.4 Å². The minimum Gasteiger partial charge on any atom is -0.378 e. The maximum absolute atomic E-state index is 13.1. The Morgan fingerprint density at radius 3 is 2.40 bits per heavy atom. The summed E-state index contributed by atoms with van der Waals surface area (Å²) in [5.74, 6) is 0.0364. The summed E-state index contributed by atoms with van der Waals surface area (Å²) < 4.78 is 34.9. The lowest BCUT2D eigenvalue weighted by Gasteiger charge is -2.36. The molecule has 2 aliphatic heterocycles. The standard InChI is InChI=1S/C27H26N2O5S/c1-16(30)18-6-8-21(9-7-18)29-35(32,33)22-10-11-25-24(15-22)27-23(12-13-34-27)26(28-25)20-5-3-4-19(14-20)17(2)31/h3-11,14-15,23,26-29H,12-13H2,1-2H3. The number of rotatable bonds is 6. The molecule has 1 fully saturated rings. The van der Waals surface area contributed by atoms with Gasteiger partial charge >= 0.3 is 0 Å². The number of sulfonamides is 1. The van der Waals surface area contributed by atoms with Crippen molar-refractivity contribution in [2.24, 2.45) is 5.92 Å². The number of ether oxygens (including phenoxy) is 1. The number of hydrogen-bond acceptors (Lipinski definition) is 6. The Morgan fingerprint density at radius 2 is 1.69 bits per heavy atom. The van der Waals surface area contributed by atoms with Crippen LogP contribution in [0.1, 0.15) is 64.3 Å². The molecule has 3 aromatic rings. The van der Waals surface area contributed by atoms with Crippen molar-refractivity contribution in [3.8, 4) is 0 Å². The summed E-state index contributed by atoms with van der Waals surface area (Å²) in [5, 5.41) is 3.56. The van der Waals surface area contributed by atoms with Crippen LogP contribution in [0.3, 0.4) is 0 Å². The van der Waals surface area contributed by atoms with Crippen LogP contribution < -0.4 is 10.0 Å². The third-order valence-electron chi connectivity index (χ3n) is 6.71. The van der Waals surface area contributed by atoms with Crippen LogP contribution in [0.2, 0.25) is 0 Å². The smallest absolute Gasteiger partial charge is 0.261 e. The van der Waals surface area contributed by atoms with E-state index in [9.17, 15) is 18.0 Å². The van der Waals surface area contributed by atoms with E-state index in [1.54, 1.807) is 49.4 Å². The maximum atomic E-state index is 13.1. The molecular formula is C27H26N2O5S. The predicted molar refractivity (Wildman–Crippen MR) is 133 cm³/mol. The summed E-state index contributed by atoms with van der Waals surface area (Å²) in [4.78, 5) is 23.5. The van der Waals surface area contributed by atoms with Gasteiger partial charge in [0, 0.05) is 40.6 Å². The molecule has 3 atom stereocenters. The summed E-state index contributed by atoms with van der Waals surface area (Å²) in [6, 6.07) is 18.9. The largest absolute Gasteiger partial charge is 0.378 e. The lowest BCUT2D eigenvalue weighted by Crippen LogP contribution is -2.29. The van der Waals surface area contributed by atoms with Crippen molar-refractivity contribution in [2.75, 3.05) is 16.6 Å². The molecule has 180 valence electrons. The Hall–Kier alpha value is -3.49. The van der Waals surface area contributed by atoms with E-state index < -0.39 is 10.0 Å². The van der Waals surface area contributed by atoms with E-state index in [0.29, 0.717) is 23.4 Å². The Kier molecular flexibility index (Phi) is 5.94. The molecule has 2 heterocycles. The number of carbonyl (C=O) groups excluding carboxylic acids is 2. The van der Waals surface area contributed by atoms with E-state index in [0.717, 1.165) is 23.2 Å². The molecule has 0 radical (unpaired) electrons. The second-order valence-corrected chi connectivity index (χ2v) is 10.7. The number of carbonyl (C=O) groups is 2. The predicted octanol–water partition coefficient (Wildman–Crippen LogP) is 5.14. The van der Waals surface area contributed by atoms with Gasteiger partial charge in [-0.3, -0.25) is 14.3 Å². The fraction of sp³-hybridized carbons (Fsp3) is 0.259. The summed E-state index contributed by atoms with van der Waals surface area (Å²) in [6.45, 7) is 3.60. The highest BCUT2D eigenvalue weighted by atomic mass is 32.2. The van der Waals surface area contributed by atoms with Crippen LogP contribution >= 0.6 is 0 Å². The van der Waals surface area contributed by atoms with Gasteiger partial charge < -0.3 is 10.1 Å². The SMILES string of the molecule is CC(=O)c1ccc(NS(=O)(=O)c2ccc3c(c2)C2OCCC2C(c2cccc(C(C)=O)c2)N3)cc1. The van der Waals surface area contributed by atoms with E-state index in [1.165, 1.54) is 6.92 Å². The molecule has 0 aliphatic carbocycles. The van der Waals surface area contributed by atoms with Crippen molar-refractivity contribution < 1.29 is 22.7 Å². The number of hydrogen-bond donors (Lipinski definition) is 2. The summed E-state index contributed by atoms with van der Waals surface area (Å²) in [6.07, 6.45) is 0.575. The van der Waals surface area contributed by atoms with Gasteiger partial charge in [0.1, 0.15) is 0 Å². The van der Waals surface area contributed by atoms with Crippen molar-refractivity contribution in [1.82, 2.24) is 0 Å². The fourth-order valence-electron chi connectivity index (χ4n) is 4.89. The van der Waals surface area contributed by atoms with Crippen LogP contribution in [0, 0.1) is 5.92 Å². The molecule has 35 heavy (non-hydrogen) atoms. The van der Waals surface area contributed by atoms with E-state index >= 15 is 0 Å². The van der Waals surface area contributed by atoms with E-state index in [4.69, 9.17) is 4.74 Å². The number of nitrogens with one attached hydrogen (secondary N) is 2. The summed E-state index contributed by atoms with van der Waals surface area (Å²) in [5.41, 5.74) is 4.19.